The summed E-state index contributed by atoms with van der Waals surface area (Å²) in [6.45, 7) is 0.856. The summed E-state index contributed by atoms with van der Waals surface area (Å²) in [7, 11) is 2.52. The molecule has 0 spiro atoms. The quantitative estimate of drug-likeness (QED) is 0.654. The summed E-state index contributed by atoms with van der Waals surface area (Å²) in [5.41, 5.74) is -3.82. The maximum Gasteiger partial charge on any atom is 0.224 e. The molecule has 2 atom stereocenters. The van der Waals surface area contributed by atoms with Gasteiger partial charge in [0.25, 0.3) is 0 Å². The monoisotopic (exact) mass is 308 g/mol. The van der Waals surface area contributed by atoms with Crippen molar-refractivity contribution in [2.75, 3.05) is 20.8 Å². The van der Waals surface area contributed by atoms with Crippen LogP contribution >= 0.6 is 23.2 Å². The first-order valence-corrected chi connectivity index (χ1v) is 5.98. The molecule has 0 radical (unpaired) electrons. The second kappa shape index (κ2) is 5.61. The van der Waals surface area contributed by atoms with Crippen LogP contribution in [0.4, 0.5) is 0 Å². The normalized spacial score (nSPS) is 30.9. The average molecular weight is 309 g/mol. The van der Waals surface area contributed by atoms with E-state index in [0.717, 1.165) is 0 Å². The lowest BCUT2D eigenvalue weighted by Gasteiger charge is -2.37. The van der Waals surface area contributed by atoms with Gasteiger partial charge in [-0.2, -0.15) is 0 Å². The van der Waals surface area contributed by atoms with Gasteiger partial charge in [0, 0.05) is 0 Å². The lowest BCUT2D eigenvalue weighted by Crippen LogP contribution is -2.44. The predicted molar refractivity (Wildman–Crippen MR) is 70.2 cm³/mol. The molecule has 0 amide bonds. The summed E-state index contributed by atoms with van der Waals surface area (Å²) in [6, 6.07) is 0. The molecule has 0 aromatic rings. The van der Waals surface area contributed by atoms with Gasteiger partial charge in [-0.25, -0.2) is 0 Å². The van der Waals surface area contributed by atoms with Crippen molar-refractivity contribution in [1.29, 1.82) is 0 Å². The SMILES string of the molecule is COC1=C(Cl)C(O)(C#CCO)C(OC)=C(Cl)C1(C)O. The van der Waals surface area contributed by atoms with Gasteiger partial charge in [0.1, 0.15) is 11.6 Å². The third kappa shape index (κ3) is 2.42. The molecule has 7 heteroatoms. The van der Waals surface area contributed by atoms with E-state index in [-0.39, 0.29) is 21.6 Å². The molecule has 3 N–H and O–H groups in total. The Morgan fingerprint density at radius 2 is 1.63 bits per heavy atom. The van der Waals surface area contributed by atoms with Crippen LogP contribution in [0.15, 0.2) is 21.6 Å². The highest BCUT2D eigenvalue weighted by Gasteiger charge is 2.52. The number of halogens is 2. The van der Waals surface area contributed by atoms with Crippen LogP contribution in [0.25, 0.3) is 0 Å². The summed E-state index contributed by atoms with van der Waals surface area (Å²) in [6.07, 6.45) is 0. The van der Waals surface area contributed by atoms with Crippen LogP contribution in [-0.2, 0) is 9.47 Å². The fourth-order valence-electron chi connectivity index (χ4n) is 1.76. The number of hydrogen-bond acceptors (Lipinski definition) is 5. The van der Waals surface area contributed by atoms with E-state index >= 15 is 0 Å². The van der Waals surface area contributed by atoms with Crippen LogP contribution in [0.1, 0.15) is 6.92 Å². The number of rotatable bonds is 2. The zero-order valence-electron chi connectivity index (χ0n) is 10.6. The van der Waals surface area contributed by atoms with Crippen molar-refractivity contribution in [3.63, 3.8) is 0 Å². The van der Waals surface area contributed by atoms with Crippen LogP contribution in [0.3, 0.4) is 0 Å². The highest BCUT2D eigenvalue weighted by Crippen LogP contribution is 2.46. The zero-order valence-corrected chi connectivity index (χ0v) is 12.1. The number of aliphatic hydroxyl groups is 3. The average Bonchev–Trinajstić information content (AvgIpc) is 2.36. The van der Waals surface area contributed by atoms with Crippen LogP contribution < -0.4 is 0 Å². The Morgan fingerprint density at radius 3 is 2.05 bits per heavy atom. The Hall–Kier alpha value is -0.900. The summed E-state index contributed by atoms with van der Waals surface area (Å²) >= 11 is 12.1. The van der Waals surface area contributed by atoms with Crippen LogP contribution in [-0.4, -0.2) is 47.3 Å². The Labute approximate surface area is 121 Å². The van der Waals surface area contributed by atoms with Gasteiger partial charge in [0.05, 0.1) is 19.3 Å². The Morgan fingerprint density at radius 1 is 1.11 bits per heavy atom. The van der Waals surface area contributed by atoms with E-state index in [1.165, 1.54) is 21.1 Å². The molecule has 0 saturated carbocycles. The molecule has 0 saturated heterocycles. The van der Waals surface area contributed by atoms with Gasteiger partial charge in [-0.3, -0.25) is 0 Å². The van der Waals surface area contributed by atoms with Crippen molar-refractivity contribution in [3.8, 4) is 11.8 Å². The number of ether oxygens (including phenoxy) is 2. The van der Waals surface area contributed by atoms with Gasteiger partial charge in [-0.15, -0.1) is 0 Å². The molecule has 19 heavy (non-hydrogen) atoms. The zero-order chi connectivity index (χ0) is 14.8. The van der Waals surface area contributed by atoms with E-state index in [1.807, 2.05) is 0 Å². The molecule has 0 aliphatic heterocycles. The van der Waals surface area contributed by atoms with E-state index in [9.17, 15) is 10.2 Å². The molecule has 1 aliphatic carbocycles. The third-order valence-corrected chi connectivity index (χ3v) is 3.66. The van der Waals surface area contributed by atoms with Gasteiger partial charge in [-0.05, 0) is 6.92 Å². The topological polar surface area (TPSA) is 79.2 Å². The summed E-state index contributed by atoms with van der Waals surface area (Å²) < 4.78 is 9.98. The summed E-state index contributed by atoms with van der Waals surface area (Å²) in [5, 5.41) is 29.0. The Bertz CT molecular complexity index is 498. The molecule has 0 bridgehead atoms. The standard InChI is InChI=1S/C12H14Cl2O5/c1-11(16)7(13)10(19-3)12(17,5-4-6-15)8(14)9(11)18-2/h15-17H,6H2,1-3H3. The molecule has 106 valence electrons. The first-order valence-electron chi connectivity index (χ1n) is 5.22. The van der Waals surface area contributed by atoms with Crippen molar-refractivity contribution in [2.24, 2.45) is 0 Å². The Kier molecular flexibility index (Phi) is 4.77. The predicted octanol–water partition coefficient (Wildman–Crippen LogP) is 0.671. The van der Waals surface area contributed by atoms with Gasteiger partial charge < -0.3 is 24.8 Å². The highest BCUT2D eigenvalue weighted by molar-refractivity contribution is 6.35. The van der Waals surface area contributed by atoms with Crippen molar-refractivity contribution >= 4 is 23.2 Å². The second-order valence-electron chi connectivity index (χ2n) is 3.94. The van der Waals surface area contributed by atoms with Crippen molar-refractivity contribution in [3.05, 3.63) is 21.6 Å². The van der Waals surface area contributed by atoms with Crippen LogP contribution in [0.2, 0.25) is 0 Å². The largest absolute Gasteiger partial charge is 0.496 e. The molecule has 2 unspecified atom stereocenters. The van der Waals surface area contributed by atoms with E-state index in [1.54, 1.807) is 0 Å². The Balaban J connectivity index is 3.61. The third-order valence-electron chi connectivity index (χ3n) is 2.67. The molecule has 0 fully saturated rings. The van der Waals surface area contributed by atoms with Crippen molar-refractivity contribution in [1.82, 2.24) is 0 Å². The number of methoxy groups -OCH3 is 2. The minimum Gasteiger partial charge on any atom is -0.496 e. The maximum atomic E-state index is 10.5. The fourth-order valence-corrected chi connectivity index (χ4v) is 2.46. The summed E-state index contributed by atoms with van der Waals surface area (Å²) in [5.74, 6) is 4.25. The van der Waals surface area contributed by atoms with Crippen LogP contribution in [0, 0.1) is 11.8 Å². The smallest absolute Gasteiger partial charge is 0.224 e. The molecule has 0 aromatic carbocycles. The second-order valence-corrected chi connectivity index (χ2v) is 4.69. The van der Waals surface area contributed by atoms with Crippen molar-refractivity contribution in [2.45, 2.75) is 18.1 Å². The molecular weight excluding hydrogens is 295 g/mol. The van der Waals surface area contributed by atoms with Gasteiger partial charge >= 0.3 is 0 Å². The van der Waals surface area contributed by atoms with E-state index in [0.29, 0.717) is 0 Å². The lowest BCUT2D eigenvalue weighted by atomic mass is 9.86. The first kappa shape index (κ1) is 16.2. The molecule has 1 rings (SSSR count). The minimum absolute atomic E-state index is 0.144. The van der Waals surface area contributed by atoms with Gasteiger partial charge in [-0.1, -0.05) is 35.0 Å². The first-order chi connectivity index (χ1) is 8.77. The van der Waals surface area contributed by atoms with Crippen molar-refractivity contribution < 1.29 is 24.8 Å². The molecule has 0 aromatic heterocycles. The number of aliphatic hydroxyl groups excluding tert-OH is 1. The minimum atomic E-state index is -2.08. The summed E-state index contributed by atoms with van der Waals surface area (Å²) in [4.78, 5) is 0. The van der Waals surface area contributed by atoms with Crippen LogP contribution in [0.5, 0.6) is 0 Å². The molecule has 5 nitrogen and oxygen atoms in total. The molecule has 0 heterocycles. The lowest BCUT2D eigenvalue weighted by molar-refractivity contribution is 0.0330. The van der Waals surface area contributed by atoms with Gasteiger partial charge in [0.15, 0.2) is 17.1 Å². The highest BCUT2D eigenvalue weighted by atomic mass is 35.5. The maximum absolute atomic E-state index is 10.5. The van der Waals surface area contributed by atoms with E-state index in [4.69, 9.17) is 37.8 Å². The fraction of sp³-hybridized carbons (Fsp3) is 0.500. The number of hydrogen-bond donors (Lipinski definition) is 3. The van der Waals surface area contributed by atoms with Gasteiger partial charge in [0.2, 0.25) is 5.60 Å². The molecule has 1 aliphatic rings. The van der Waals surface area contributed by atoms with E-state index < -0.39 is 17.8 Å². The molecular formula is C12H14Cl2O5. The van der Waals surface area contributed by atoms with E-state index in [2.05, 4.69) is 11.8 Å².